The van der Waals surface area contributed by atoms with Crippen LogP contribution in [0.3, 0.4) is 0 Å². The van der Waals surface area contributed by atoms with E-state index in [1.807, 2.05) is 0 Å². The lowest BCUT2D eigenvalue weighted by Crippen LogP contribution is -2.22. The van der Waals surface area contributed by atoms with Crippen LogP contribution in [0.1, 0.15) is 15.9 Å². The van der Waals surface area contributed by atoms with Crippen molar-refractivity contribution in [3.8, 4) is 0 Å². The van der Waals surface area contributed by atoms with Gasteiger partial charge in [-0.3, -0.25) is 4.79 Å². The van der Waals surface area contributed by atoms with Crippen molar-refractivity contribution in [1.82, 2.24) is 4.98 Å². The summed E-state index contributed by atoms with van der Waals surface area (Å²) in [6.45, 7) is -0.827. The van der Waals surface area contributed by atoms with Gasteiger partial charge in [-0.05, 0) is 42.5 Å². The Labute approximate surface area is 178 Å². The van der Waals surface area contributed by atoms with Crippen molar-refractivity contribution in [2.24, 2.45) is 0 Å². The van der Waals surface area contributed by atoms with E-state index < -0.39 is 47.5 Å². The zero-order chi connectivity index (χ0) is 23.3. The Balaban J connectivity index is 1.68. The van der Waals surface area contributed by atoms with Crippen LogP contribution in [0, 0.1) is 11.6 Å². The molecule has 0 spiro atoms. The van der Waals surface area contributed by atoms with Crippen molar-refractivity contribution in [3.63, 3.8) is 0 Å². The number of carbonyl (C=O) groups is 2. The van der Waals surface area contributed by atoms with Gasteiger partial charge in [0.25, 0.3) is 5.91 Å². The van der Waals surface area contributed by atoms with Crippen molar-refractivity contribution in [2.45, 2.75) is 6.18 Å². The van der Waals surface area contributed by atoms with Crippen molar-refractivity contribution >= 4 is 29.1 Å². The Morgan fingerprint density at radius 1 is 1.00 bits per heavy atom. The maximum Gasteiger partial charge on any atom is 0.416 e. The summed E-state index contributed by atoms with van der Waals surface area (Å²) in [4.78, 5) is 28.2. The van der Waals surface area contributed by atoms with Gasteiger partial charge in [-0.1, -0.05) is 6.07 Å². The van der Waals surface area contributed by atoms with Crippen LogP contribution in [-0.2, 0) is 15.7 Å². The number of amides is 1. The van der Waals surface area contributed by atoms with Gasteiger partial charge < -0.3 is 15.4 Å². The van der Waals surface area contributed by atoms with E-state index in [9.17, 15) is 31.5 Å². The quantitative estimate of drug-likeness (QED) is 0.411. The summed E-state index contributed by atoms with van der Waals surface area (Å²) in [6.07, 6.45) is -3.26. The van der Waals surface area contributed by atoms with Crippen molar-refractivity contribution in [2.75, 3.05) is 17.2 Å². The maximum atomic E-state index is 13.6. The molecule has 3 rings (SSSR count). The molecule has 0 aliphatic rings. The van der Waals surface area contributed by atoms with E-state index in [1.54, 1.807) is 0 Å². The zero-order valence-corrected chi connectivity index (χ0v) is 16.0. The fourth-order valence-electron chi connectivity index (χ4n) is 2.57. The number of rotatable bonds is 6. The first-order chi connectivity index (χ1) is 15.1. The topological polar surface area (TPSA) is 80.3 Å². The molecule has 0 aliphatic carbocycles. The summed E-state index contributed by atoms with van der Waals surface area (Å²) in [5.41, 5.74) is -1.47. The summed E-state index contributed by atoms with van der Waals surface area (Å²) >= 11 is 0. The molecule has 2 N–H and O–H groups in total. The summed E-state index contributed by atoms with van der Waals surface area (Å²) in [7, 11) is 0. The Morgan fingerprint density at radius 3 is 2.53 bits per heavy atom. The minimum absolute atomic E-state index is 0.0203. The maximum absolute atomic E-state index is 13.6. The number of pyridine rings is 1. The Bertz CT molecular complexity index is 1150. The number of ether oxygens (including phenoxy) is 1. The SMILES string of the molecule is O=C(COC(=O)c1cccnc1Nc1cccc(C(F)(F)F)c1)Nc1cc(F)ccc1F. The molecule has 0 radical (unpaired) electrons. The normalized spacial score (nSPS) is 11.0. The van der Waals surface area contributed by atoms with Gasteiger partial charge in [0.15, 0.2) is 6.61 Å². The summed E-state index contributed by atoms with van der Waals surface area (Å²) in [5, 5.41) is 4.67. The highest BCUT2D eigenvalue weighted by Crippen LogP contribution is 2.31. The van der Waals surface area contributed by atoms with Crippen LogP contribution < -0.4 is 10.6 Å². The van der Waals surface area contributed by atoms with Gasteiger partial charge in [0.2, 0.25) is 0 Å². The van der Waals surface area contributed by atoms with E-state index >= 15 is 0 Å². The van der Waals surface area contributed by atoms with Crippen LogP contribution in [0.25, 0.3) is 0 Å². The highest BCUT2D eigenvalue weighted by molar-refractivity contribution is 5.98. The Hall–Kier alpha value is -4.02. The minimum Gasteiger partial charge on any atom is -0.452 e. The number of hydrogen-bond donors (Lipinski definition) is 2. The first-order valence-corrected chi connectivity index (χ1v) is 8.95. The van der Waals surface area contributed by atoms with Gasteiger partial charge in [0.1, 0.15) is 23.0 Å². The van der Waals surface area contributed by atoms with Crippen molar-refractivity contribution < 1.29 is 36.3 Å². The van der Waals surface area contributed by atoms with Gasteiger partial charge in [0.05, 0.1) is 11.3 Å². The van der Waals surface area contributed by atoms with Crippen LogP contribution in [0.4, 0.5) is 39.1 Å². The van der Waals surface area contributed by atoms with Crippen LogP contribution in [0.15, 0.2) is 60.8 Å². The van der Waals surface area contributed by atoms with Crippen LogP contribution in [-0.4, -0.2) is 23.5 Å². The Morgan fingerprint density at radius 2 is 1.78 bits per heavy atom. The smallest absolute Gasteiger partial charge is 0.416 e. The second-order valence-electron chi connectivity index (χ2n) is 6.35. The molecule has 6 nitrogen and oxygen atoms in total. The second-order valence-corrected chi connectivity index (χ2v) is 6.35. The molecule has 32 heavy (non-hydrogen) atoms. The number of nitrogens with zero attached hydrogens (tertiary/aromatic N) is 1. The third-order valence-electron chi connectivity index (χ3n) is 4.02. The minimum atomic E-state index is -4.56. The molecule has 0 unspecified atom stereocenters. The van der Waals surface area contributed by atoms with E-state index in [4.69, 9.17) is 4.74 Å². The first kappa shape index (κ1) is 22.7. The van der Waals surface area contributed by atoms with Gasteiger partial charge in [-0.15, -0.1) is 0 Å². The highest BCUT2D eigenvalue weighted by atomic mass is 19.4. The fraction of sp³-hybridized carbons (Fsp3) is 0.0952. The number of aromatic nitrogens is 1. The van der Waals surface area contributed by atoms with E-state index in [-0.39, 0.29) is 17.1 Å². The molecule has 1 heterocycles. The molecule has 0 bridgehead atoms. The molecule has 0 saturated heterocycles. The van der Waals surface area contributed by atoms with Gasteiger partial charge >= 0.3 is 12.1 Å². The molecule has 11 heteroatoms. The van der Waals surface area contributed by atoms with E-state index in [2.05, 4.69) is 15.6 Å². The number of carbonyl (C=O) groups excluding carboxylic acids is 2. The lowest BCUT2D eigenvalue weighted by molar-refractivity contribution is -0.137. The third kappa shape index (κ3) is 5.78. The van der Waals surface area contributed by atoms with E-state index in [0.717, 1.165) is 30.3 Å². The lowest BCUT2D eigenvalue weighted by Gasteiger charge is -2.13. The second kappa shape index (κ2) is 9.41. The Kier molecular flexibility index (Phi) is 6.67. The average molecular weight is 451 g/mol. The molecule has 1 amide bonds. The van der Waals surface area contributed by atoms with Crippen LogP contribution in [0.5, 0.6) is 0 Å². The summed E-state index contributed by atoms with van der Waals surface area (Å²) in [6, 6.07) is 9.37. The summed E-state index contributed by atoms with van der Waals surface area (Å²) < 4.78 is 70.3. The molecule has 1 aromatic heterocycles. The summed E-state index contributed by atoms with van der Waals surface area (Å²) in [5.74, 6) is -3.71. The lowest BCUT2D eigenvalue weighted by atomic mass is 10.2. The monoisotopic (exact) mass is 451 g/mol. The van der Waals surface area contributed by atoms with Gasteiger partial charge in [-0.25, -0.2) is 18.6 Å². The molecular formula is C21H14F5N3O3. The standard InChI is InChI=1S/C21H14F5N3O3/c22-13-6-7-16(23)17(10-13)29-18(30)11-32-20(31)15-5-2-8-27-19(15)28-14-4-1-3-12(9-14)21(24,25)26/h1-10H,11H2,(H,27,28)(H,29,30). The zero-order valence-electron chi connectivity index (χ0n) is 16.0. The van der Waals surface area contributed by atoms with Crippen LogP contribution >= 0.6 is 0 Å². The molecule has 3 aromatic rings. The number of alkyl halides is 3. The average Bonchev–Trinajstić information content (AvgIpc) is 2.74. The third-order valence-corrected chi connectivity index (χ3v) is 4.02. The largest absolute Gasteiger partial charge is 0.452 e. The van der Waals surface area contributed by atoms with Gasteiger partial charge in [0, 0.05) is 18.0 Å². The highest BCUT2D eigenvalue weighted by Gasteiger charge is 2.30. The van der Waals surface area contributed by atoms with Gasteiger partial charge in [-0.2, -0.15) is 13.2 Å². The van der Waals surface area contributed by atoms with E-state index in [1.165, 1.54) is 30.5 Å². The molecule has 0 saturated carbocycles. The number of benzene rings is 2. The predicted octanol–water partition coefficient (Wildman–Crippen LogP) is 4.92. The number of hydrogen-bond acceptors (Lipinski definition) is 5. The predicted molar refractivity (Wildman–Crippen MR) is 104 cm³/mol. The number of esters is 1. The fourth-order valence-corrected chi connectivity index (χ4v) is 2.57. The number of halogens is 5. The number of nitrogens with one attached hydrogen (secondary N) is 2. The van der Waals surface area contributed by atoms with Crippen molar-refractivity contribution in [1.29, 1.82) is 0 Å². The number of anilines is 3. The molecular weight excluding hydrogens is 437 g/mol. The first-order valence-electron chi connectivity index (χ1n) is 8.95. The van der Waals surface area contributed by atoms with Crippen molar-refractivity contribution in [3.05, 3.63) is 83.6 Å². The molecule has 0 fully saturated rings. The molecule has 0 aliphatic heterocycles. The van der Waals surface area contributed by atoms with Crippen LogP contribution in [0.2, 0.25) is 0 Å². The van der Waals surface area contributed by atoms with E-state index in [0.29, 0.717) is 0 Å². The molecule has 0 atom stereocenters. The molecule has 166 valence electrons. The molecule has 2 aromatic carbocycles.